The van der Waals surface area contributed by atoms with Gasteiger partial charge in [0.15, 0.2) is 0 Å². The van der Waals surface area contributed by atoms with Gasteiger partial charge in [-0.15, -0.1) is 0 Å². The summed E-state index contributed by atoms with van der Waals surface area (Å²) < 4.78 is 26.9. The summed E-state index contributed by atoms with van der Waals surface area (Å²) in [7, 11) is -3.66. The van der Waals surface area contributed by atoms with Crippen LogP contribution in [0.1, 0.15) is 50.9 Å². The zero-order chi connectivity index (χ0) is 25.1. The number of carbonyl (C=O) groups excluding carboxylic acids is 1. The fraction of sp³-hybridized carbons (Fsp3) is 0.650. The van der Waals surface area contributed by atoms with E-state index in [-0.39, 0.29) is 36.1 Å². The van der Waals surface area contributed by atoms with Crippen LogP contribution in [0.25, 0.3) is 0 Å². The molecule has 0 saturated carbocycles. The van der Waals surface area contributed by atoms with Gasteiger partial charge in [0.25, 0.3) is 5.56 Å². The molecule has 1 aromatic heterocycles. The number of pyridine rings is 1. The summed E-state index contributed by atoms with van der Waals surface area (Å²) >= 11 is 0. The first-order chi connectivity index (χ1) is 14.4. The summed E-state index contributed by atoms with van der Waals surface area (Å²) in [6.45, 7) is 12.8. The second-order valence-electron chi connectivity index (χ2n) is 9.54. The zero-order valence-corrected chi connectivity index (χ0v) is 20.9. The predicted molar refractivity (Wildman–Crippen MR) is 126 cm³/mol. The van der Waals surface area contributed by atoms with Gasteiger partial charge in [0.05, 0.1) is 6.26 Å². The number of nitrogens with zero attached hydrogens (tertiary/aromatic N) is 2. The van der Waals surface area contributed by atoms with Crippen LogP contribution in [0, 0.1) is 26.2 Å². The Balaban J connectivity index is 3.07. The number of nitrogens with one attached hydrogen (secondary N) is 2. The van der Waals surface area contributed by atoms with E-state index in [2.05, 4.69) is 15.2 Å². The van der Waals surface area contributed by atoms with Crippen LogP contribution >= 0.6 is 0 Å². The first-order valence-electron chi connectivity index (χ1n) is 10.1. The van der Waals surface area contributed by atoms with E-state index in [1.807, 2.05) is 27.7 Å². The molecule has 182 valence electrons. The van der Waals surface area contributed by atoms with Gasteiger partial charge in [-0.1, -0.05) is 13.8 Å². The van der Waals surface area contributed by atoms with Gasteiger partial charge in [-0.3, -0.25) is 14.3 Å². The van der Waals surface area contributed by atoms with Gasteiger partial charge in [0, 0.05) is 16.6 Å². The Bertz CT molecular complexity index is 1050. The summed E-state index contributed by atoms with van der Waals surface area (Å²) in [6.07, 6.45) is 1.51. The average Bonchev–Trinajstić information content (AvgIpc) is 2.58. The summed E-state index contributed by atoms with van der Waals surface area (Å²) in [6, 6.07) is 0. The number of amides is 1. The third-order valence-corrected chi connectivity index (χ3v) is 5.53. The van der Waals surface area contributed by atoms with Crippen LogP contribution < -0.4 is 27.1 Å². The van der Waals surface area contributed by atoms with Crippen molar-refractivity contribution < 1.29 is 18.0 Å². The smallest absolute Gasteiger partial charge is 0.275 e. The Hall–Kier alpha value is -2.76. The number of sulfonamides is 1. The Kier molecular flexibility index (Phi) is 8.35. The minimum absolute atomic E-state index is 0.0549. The number of nitrogens with two attached hydrogens (primary N) is 2. The van der Waals surface area contributed by atoms with E-state index in [1.165, 1.54) is 4.57 Å². The molecule has 6 N–H and O–H groups in total. The summed E-state index contributed by atoms with van der Waals surface area (Å²) in [4.78, 5) is 30.9. The Morgan fingerprint density at radius 3 is 2.19 bits per heavy atom. The molecule has 0 atom stereocenters. The highest BCUT2D eigenvalue weighted by atomic mass is 32.2. The number of rotatable bonds is 10. The SMILES string of the molecule is Cc1c(C)c(C)n(CC(=O)NC(C)(C)CC(C)(C)CON=C(N)N)c(=O)c1NS(C)(=O)=O. The van der Waals surface area contributed by atoms with Crippen LogP contribution in [-0.2, 0) is 26.2 Å². The lowest BCUT2D eigenvalue weighted by molar-refractivity contribution is -0.123. The van der Waals surface area contributed by atoms with E-state index in [1.54, 1.807) is 20.8 Å². The van der Waals surface area contributed by atoms with Crippen LogP contribution in [0.15, 0.2) is 9.95 Å². The van der Waals surface area contributed by atoms with Crippen LogP contribution in [0.3, 0.4) is 0 Å². The van der Waals surface area contributed by atoms with Gasteiger partial charge in [0.2, 0.25) is 21.9 Å². The van der Waals surface area contributed by atoms with Crippen molar-refractivity contribution in [3.05, 3.63) is 27.2 Å². The average molecular weight is 473 g/mol. The van der Waals surface area contributed by atoms with Gasteiger partial charge in [-0.2, -0.15) is 0 Å². The molecule has 1 aromatic rings. The minimum atomic E-state index is -3.66. The highest BCUT2D eigenvalue weighted by Crippen LogP contribution is 2.28. The van der Waals surface area contributed by atoms with Crippen LogP contribution in [0.2, 0.25) is 0 Å². The molecule has 0 aliphatic heterocycles. The summed E-state index contributed by atoms with van der Waals surface area (Å²) in [5.41, 5.74) is 10.7. The number of hydrogen-bond donors (Lipinski definition) is 4. The maximum Gasteiger partial charge on any atom is 0.275 e. The number of oxime groups is 1. The molecule has 0 radical (unpaired) electrons. The highest BCUT2D eigenvalue weighted by molar-refractivity contribution is 7.92. The molecule has 32 heavy (non-hydrogen) atoms. The van der Waals surface area contributed by atoms with Gasteiger partial charge in [0.1, 0.15) is 18.8 Å². The van der Waals surface area contributed by atoms with Crippen molar-refractivity contribution in [2.75, 3.05) is 17.6 Å². The van der Waals surface area contributed by atoms with Crippen molar-refractivity contribution in [1.82, 2.24) is 9.88 Å². The van der Waals surface area contributed by atoms with Crippen molar-refractivity contribution in [3.63, 3.8) is 0 Å². The first-order valence-corrected chi connectivity index (χ1v) is 11.9. The number of anilines is 1. The summed E-state index contributed by atoms with van der Waals surface area (Å²) in [5.74, 6) is -0.554. The fourth-order valence-electron chi connectivity index (χ4n) is 3.74. The third-order valence-electron chi connectivity index (χ3n) is 4.96. The molecule has 0 saturated heterocycles. The van der Waals surface area contributed by atoms with Crippen molar-refractivity contribution in [2.45, 2.75) is 67.0 Å². The van der Waals surface area contributed by atoms with Crippen molar-refractivity contribution in [2.24, 2.45) is 22.0 Å². The lowest BCUT2D eigenvalue weighted by Crippen LogP contribution is -2.49. The van der Waals surface area contributed by atoms with E-state index >= 15 is 0 Å². The van der Waals surface area contributed by atoms with Gasteiger partial charge < -0.3 is 26.2 Å². The van der Waals surface area contributed by atoms with Gasteiger partial charge in [-0.25, -0.2) is 8.42 Å². The summed E-state index contributed by atoms with van der Waals surface area (Å²) in [5, 5.41) is 6.46. The molecule has 0 aliphatic carbocycles. The van der Waals surface area contributed by atoms with E-state index < -0.39 is 21.1 Å². The predicted octanol–water partition coefficient (Wildman–Crippen LogP) is 0.661. The topological polar surface area (TPSA) is 171 Å². The van der Waals surface area contributed by atoms with E-state index in [0.717, 1.165) is 11.8 Å². The fourth-order valence-corrected chi connectivity index (χ4v) is 4.35. The normalized spacial score (nSPS) is 12.2. The molecule has 0 aromatic carbocycles. The van der Waals surface area contributed by atoms with Crippen molar-refractivity contribution in [3.8, 4) is 0 Å². The standard InChI is InChI=1S/C20H36N6O5S/c1-12-13(2)16(25-32(8,29)30)17(28)26(14(12)3)9-15(27)23-20(6,7)10-19(4,5)11-31-24-18(21)22/h25H,9-11H2,1-8H3,(H,23,27)(H4,21,22,24). The Morgan fingerprint density at radius 2 is 1.69 bits per heavy atom. The molecule has 1 heterocycles. The molecular weight excluding hydrogens is 436 g/mol. The molecule has 1 rings (SSSR count). The quantitative estimate of drug-likeness (QED) is 0.220. The number of hydrogen-bond acceptors (Lipinski definition) is 6. The monoisotopic (exact) mass is 472 g/mol. The van der Waals surface area contributed by atoms with Gasteiger partial charge >= 0.3 is 0 Å². The van der Waals surface area contributed by atoms with Crippen LogP contribution in [0.5, 0.6) is 0 Å². The molecule has 11 nitrogen and oxygen atoms in total. The van der Waals surface area contributed by atoms with Crippen LogP contribution in [-0.4, -0.2) is 43.3 Å². The molecule has 0 spiro atoms. The second-order valence-corrected chi connectivity index (χ2v) is 11.3. The zero-order valence-electron chi connectivity index (χ0n) is 20.1. The van der Waals surface area contributed by atoms with E-state index in [4.69, 9.17) is 16.3 Å². The number of guanidine groups is 1. The number of aromatic nitrogens is 1. The van der Waals surface area contributed by atoms with Crippen molar-refractivity contribution >= 4 is 27.6 Å². The number of carbonyl (C=O) groups is 1. The lowest BCUT2D eigenvalue weighted by Gasteiger charge is -2.35. The Morgan fingerprint density at radius 1 is 1.12 bits per heavy atom. The highest BCUT2D eigenvalue weighted by Gasteiger charge is 2.31. The first kappa shape index (κ1) is 27.3. The largest absolute Gasteiger partial charge is 0.392 e. The third kappa shape index (κ3) is 8.06. The lowest BCUT2D eigenvalue weighted by atomic mass is 9.80. The maximum absolute atomic E-state index is 13.0. The molecule has 0 fully saturated rings. The van der Waals surface area contributed by atoms with Gasteiger partial charge in [-0.05, 0) is 57.3 Å². The van der Waals surface area contributed by atoms with Crippen molar-refractivity contribution in [1.29, 1.82) is 0 Å². The molecule has 0 unspecified atom stereocenters. The maximum atomic E-state index is 13.0. The second kappa shape index (κ2) is 9.80. The van der Waals surface area contributed by atoms with E-state index in [9.17, 15) is 18.0 Å². The minimum Gasteiger partial charge on any atom is -0.392 e. The molecule has 12 heteroatoms. The van der Waals surface area contributed by atoms with E-state index in [0.29, 0.717) is 17.7 Å². The van der Waals surface area contributed by atoms with Crippen LogP contribution in [0.4, 0.5) is 5.69 Å². The molecule has 0 aliphatic rings. The molecular formula is C20H36N6O5S. The molecule has 1 amide bonds. The Labute approximate surface area is 189 Å². The molecule has 0 bridgehead atoms.